The normalized spacial score (nSPS) is 23.0. The zero-order valence-corrected chi connectivity index (χ0v) is 20.4. The molecule has 1 saturated heterocycles. The zero-order chi connectivity index (χ0) is 36.9. The highest BCUT2D eigenvalue weighted by Gasteiger charge is 2.31. The van der Waals surface area contributed by atoms with Crippen molar-refractivity contribution in [1.29, 1.82) is 0 Å². The van der Waals surface area contributed by atoms with Crippen LogP contribution in [0, 0.1) is 13.8 Å². The van der Waals surface area contributed by atoms with Crippen LogP contribution in [-0.4, -0.2) is 99.6 Å². The number of fused-ring (bicyclic) bond motifs is 1. The van der Waals surface area contributed by atoms with E-state index >= 15 is 0 Å². The topological polar surface area (TPSA) is 166 Å². The average molecular weight is 540 g/mol. The maximum atomic E-state index is 14.0. The number of anilines is 1. The van der Waals surface area contributed by atoms with Gasteiger partial charge in [-0.2, -0.15) is 9.78 Å². The molecule has 1 fully saturated rings. The molecule has 39 heavy (non-hydrogen) atoms. The minimum Gasteiger partial charge on any atom is -0.494 e. The van der Waals surface area contributed by atoms with E-state index < -0.39 is 78.2 Å². The first-order valence-corrected chi connectivity index (χ1v) is 11.1. The first kappa shape index (κ1) is 14.7. The fourth-order valence-electron chi connectivity index (χ4n) is 3.64. The van der Waals surface area contributed by atoms with Gasteiger partial charge in [-0.05, 0) is 35.9 Å². The van der Waals surface area contributed by atoms with Crippen LogP contribution in [0.15, 0.2) is 37.0 Å². The van der Waals surface area contributed by atoms with Crippen LogP contribution in [0.3, 0.4) is 0 Å². The SMILES string of the molecule is [2H]c1nc(-n2nnnc2N2C([2H])([2H])C([2H])([2H])N(C(=O)C(=O)c3c[nH]c4c(-n5cnc(C)n5)ncc(OC)c34)C([2H])([2H])C2([2H])[2H])c([2H])c([2H])c1C. The van der Waals surface area contributed by atoms with E-state index in [4.69, 9.17) is 19.8 Å². The first-order valence-electron chi connectivity index (χ1n) is 16.6. The van der Waals surface area contributed by atoms with Gasteiger partial charge in [0.1, 0.15) is 17.9 Å². The van der Waals surface area contributed by atoms with Crippen LogP contribution >= 0.6 is 0 Å². The maximum absolute atomic E-state index is 14.0. The van der Waals surface area contributed by atoms with Gasteiger partial charge in [0.25, 0.3) is 17.6 Å². The van der Waals surface area contributed by atoms with Gasteiger partial charge in [-0.3, -0.25) is 9.59 Å². The van der Waals surface area contributed by atoms with E-state index in [9.17, 15) is 9.59 Å². The number of aromatic nitrogens is 10. The van der Waals surface area contributed by atoms with Gasteiger partial charge < -0.3 is 19.5 Å². The summed E-state index contributed by atoms with van der Waals surface area (Å²) in [4.78, 5) is 42.2. The lowest BCUT2D eigenvalue weighted by Gasteiger charge is -2.34. The van der Waals surface area contributed by atoms with E-state index in [0.29, 0.717) is 10.5 Å². The Kier molecular flexibility index (Phi) is 3.60. The fraction of sp³-hybridized carbons (Fsp3) is 0.292. The minimum absolute atomic E-state index is 0.00250. The highest BCUT2D eigenvalue weighted by molar-refractivity contribution is 6.45. The van der Waals surface area contributed by atoms with E-state index in [1.165, 1.54) is 31.2 Å². The number of H-pyrrole nitrogens is 1. The van der Waals surface area contributed by atoms with Gasteiger partial charge >= 0.3 is 0 Å². The Morgan fingerprint density at radius 1 is 1.13 bits per heavy atom. The summed E-state index contributed by atoms with van der Waals surface area (Å²) in [7, 11) is 1.25. The van der Waals surface area contributed by atoms with Crippen molar-refractivity contribution in [3.8, 4) is 17.4 Å². The molecule has 198 valence electrons. The molecule has 0 spiro atoms. The van der Waals surface area contributed by atoms with Crippen LogP contribution < -0.4 is 9.64 Å². The number of nitrogens with one attached hydrogen (secondary N) is 1. The highest BCUT2D eigenvalue weighted by atomic mass is 16.5. The number of methoxy groups -OCH3 is 1. The molecule has 0 bridgehead atoms. The van der Waals surface area contributed by atoms with Crippen molar-refractivity contribution in [3.05, 3.63) is 53.9 Å². The van der Waals surface area contributed by atoms with Gasteiger partial charge in [-0.15, -0.1) is 0 Å². The van der Waals surface area contributed by atoms with Crippen molar-refractivity contribution < 1.29 is 29.4 Å². The second-order valence-electron chi connectivity index (χ2n) is 7.90. The molecule has 5 aromatic heterocycles. The Hall–Kier alpha value is -5.21. The van der Waals surface area contributed by atoms with Crippen molar-refractivity contribution in [2.45, 2.75) is 13.8 Å². The summed E-state index contributed by atoms with van der Waals surface area (Å²) < 4.78 is 102. The predicted molar refractivity (Wildman–Crippen MR) is 137 cm³/mol. The molecule has 0 atom stereocenters. The van der Waals surface area contributed by atoms with Crippen molar-refractivity contribution in [2.75, 3.05) is 38.0 Å². The number of ether oxygens (including phenoxy) is 1. The summed E-state index contributed by atoms with van der Waals surface area (Å²) in [5, 5.41) is 14.6. The van der Waals surface area contributed by atoms with Crippen LogP contribution in [-0.2, 0) is 4.79 Å². The number of aryl methyl sites for hydroxylation is 1. The molecule has 6 rings (SSSR count). The van der Waals surface area contributed by atoms with Gasteiger partial charge in [0, 0.05) is 38.4 Å². The van der Waals surface area contributed by atoms with Crippen LogP contribution in [0.4, 0.5) is 5.95 Å². The van der Waals surface area contributed by atoms with Gasteiger partial charge in [0.15, 0.2) is 11.6 Å². The molecule has 15 nitrogen and oxygen atoms in total. The number of amides is 1. The number of hydrogen-bond acceptors (Lipinski definition) is 11. The van der Waals surface area contributed by atoms with E-state index in [2.05, 4.69) is 40.6 Å². The van der Waals surface area contributed by atoms with Gasteiger partial charge in [0.05, 0.1) is 44.9 Å². The summed E-state index contributed by atoms with van der Waals surface area (Å²) in [6.07, 6.45) is 3.09. The predicted octanol–water partition coefficient (Wildman–Crippen LogP) is 0.671. The standard InChI is InChI=1S/C24H24N12O3/c1-14-4-5-18(25-10-14)36-24(29-31-32-36)34-8-6-33(7-9-34)23(38)21(37)16-11-26-20-19(16)17(39-3)12-27-22(20)35-13-28-15(2)30-35/h4-5,10-13,26H,6-9H2,1-3H3/i4D,5D,6D2,7D2,8D2,9D2,10D. The van der Waals surface area contributed by atoms with Crippen LogP contribution in [0.25, 0.3) is 22.5 Å². The molecular formula is C24H24N12O3. The number of carbonyl (C=O) groups excluding carboxylic acids is 2. The zero-order valence-electron chi connectivity index (χ0n) is 31.4. The molecule has 1 amide bonds. The molecule has 0 saturated carbocycles. The van der Waals surface area contributed by atoms with Crippen LogP contribution in [0.2, 0.25) is 0 Å². The number of aromatic amines is 1. The number of tetrazole rings is 1. The summed E-state index contributed by atoms with van der Waals surface area (Å²) in [5.41, 5.74) is -0.353. The van der Waals surface area contributed by atoms with Crippen molar-refractivity contribution in [1.82, 2.24) is 54.8 Å². The number of hydrogen-bond donors (Lipinski definition) is 1. The highest BCUT2D eigenvalue weighted by Crippen LogP contribution is 2.32. The van der Waals surface area contributed by atoms with Crippen LogP contribution in [0.1, 0.15) is 36.8 Å². The Bertz CT molecular complexity index is 2190. The van der Waals surface area contributed by atoms with E-state index in [1.54, 1.807) is 6.92 Å². The molecule has 5 aromatic rings. The molecule has 0 radical (unpaired) electrons. The lowest BCUT2D eigenvalue weighted by atomic mass is 10.1. The number of nitrogens with zero attached hydrogens (tertiary/aromatic N) is 11. The van der Waals surface area contributed by atoms with Gasteiger partial charge in [-0.1, -0.05) is 11.1 Å². The Balaban J connectivity index is 1.47. The van der Waals surface area contributed by atoms with E-state index in [1.807, 2.05) is 0 Å². The number of rotatable bonds is 6. The van der Waals surface area contributed by atoms with Gasteiger partial charge in [0.2, 0.25) is 0 Å². The van der Waals surface area contributed by atoms with Crippen molar-refractivity contribution in [3.63, 3.8) is 0 Å². The molecule has 0 aliphatic carbocycles. The molecule has 0 unspecified atom stereocenters. The Labute approximate surface area is 236 Å². The monoisotopic (exact) mass is 539 g/mol. The lowest BCUT2D eigenvalue weighted by Crippen LogP contribution is -2.51. The molecular weight excluding hydrogens is 504 g/mol. The molecule has 0 aromatic carbocycles. The van der Waals surface area contributed by atoms with Crippen LogP contribution in [0.5, 0.6) is 5.75 Å². The summed E-state index contributed by atoms with van der Waals surface area (Å²) >= 11 is 0. The molecule has 1 aliphatic heterocycles. The summed E-state index contributed by atoms with van der Waals surface area (Å²) in [6, 6.07) is -1.15. The third-order valence-electron chi connectivity index (χ3n) is 5.43. The summed E-state index contributed by atoms with van der Waals surface area (Å²) in [5.74, 6) is -4.73. The fourth-order valence-corrected chi connectivity index (χ4v) is 3.64. The summed E-state index contributed by atoms with van der Waals surface area (Å²) in [6.45, 7) is -12.3. The Morgan fingerprint density at radius 3 is 2.69 bits per heavy atom. The Morgan fingerprint density at radius 2 is 1.95 bits per heavy atom. The molecule has 1 N–H and O–H groups in total. The quantitative estimate of drug-likeness (QED) is 0.238. The first-order chi connectivity index (χ1) is 23.2. The van der Waals surface area contributed by atoms with Gasteiger partial charge in [-0.25, -0.2) is 19.6 Å². The number of Topliss-reactive ketones (excluding diaryl/α,β-unsaturated/α-hetero) is 1. The van der Waals surface area contributed by atoms with Crippen molar-refractivity contribution >= 4 is 28.5 Å². The second kappa shape index (κ2) is 9.59. The lowest BCUT2D eigenvalue weighted by molar-refractivity contribution is -0.126. The number of piperazine rings is 1. The largest absolute Gasteiger partial charge is 0.494 e. The van der Waals surface area contributed by atoms with E-state index in [0.717, 1.165) is 6.20 Å². The maximum Gasteiger partial charge on any atom is 0.295 e. The third-order valence-corrected chi connectivity index (χ3v) is 5.43. The number of ketones is 1. The van der Waals surface area contributed by atoms with Crippen molar-refractivity contribution in [2.24, 2.45) is 0 Å². The smallest absolute Gasteiger partial charge is 0.295 e. The third kappa shape index (κ3) is 4.22. The minimum atomic E-state index is -3.85. The number of pyridine rings is 2. The molecule has 6 heterocycles. The molecule has 1 aliphatic rings. The number of carbonyl (C=O) groups is 2. The average Bonchev–Trinajstić information content (AvgIpc) is 3.80. The molecule has 15 heteroatoms. The van der Waals surface area contributed by atoms with E-state index in [-0.39, 0.29) is 32.9 Å². The second-order valence-corrected chi connectivity index (χ2v) is 7.90.